The summed E-state index contributed by atoms with van der Waals surface area (Å²) < 4.78 is 0. The molecule has 0 amide bonds. The van der Waals surface area contributed by atoms with Crippen molar-refractivity contribution in [3.63, 3.8) is 0 Å². The molecule has 4 heteroatoms. The van der Waals surface area contributed by atoms with Crippen LogP contribution in [-0.2, 0) is 6.42 Å². The van der Waals surface area contributed by atoms with Gasteiger partial charge in [0.2, 0.25) is 0 Å². The molecule has 1 aromatic heterocycles. The van der Waals surface area contributed by atoms with Gasteiger partial charge in [-0.25, -0.2) is 9.97 Å². The summed E-state index contributed by atoms with van der Waals surface area (Å²) in [4.78, 5) is 8.45. The van der Waals surface area contributed by atoms with Crippen LogP contribution in [-0.4, -0.2) is 16.5 Å². The Hall–Kier alpha value is -1.19. The van der Waals surface area contributed by atoms with E-state index in [1.165, 1.54) is 0 Å². The number of hydrogen-bond acceptors (Lipinski definition) is 3. The Morgan fingerprint density at radius 1 is 1.27 bits per heavy atom. The molecule has 0 aliphatic carbocycles. The number of fused-ring (bicyclic) bond motifs is 1. The van der Waals surface area contributed by atoms with Crippen molar-refractivity contribution < 1.29 is 0 Å². The monoisotopic (exact) mass is 221 g/mol. The van der Waals surface area contributed by atoms with Crippen LogP contribution < -0.4 is 5.73 Å². The standard InChI is InChI=1S/C11H12ClN3/c12-8-3-4-9-10(2-1-5-13)14-7-15-11(9)6-8/h3-4,6-7H,1-2,5,13H2. The lowest BCUT2D eigenvalue weighted by molar-refractivity contribution is 0.814. The summed E-state index contributed by atoms with van der Waals surface area (Å²) >= 11 is 5.89. The summed E-state index contributed by atoms with van der Waals surface area (Å²) in [5.74, 6) is 0. The van der Waals surface area contributed by atoms with Crippen LogP contribution in [0.25, 0.3) is 10.9 Å². The quantitative estimate of drug-likeness (QED) is 0.865. The minimum atomic E-state index is 0.680. The van der Waals surface area contributed by atoms with E-state index in [0.29, 0.717) is 11.6 Å². The van der Waals surface area contributed by atoms with Crippen molar-refractivity contribution in [2.75, 3.05) is 6.54 Å². The summed E-state index contributed by atoms with van der Waals surface area (Å²) in [6, 6.07) is 5.67. The lowest BCUT2D eigenvalue weighted by atomic mass is 10.1. The number of rotatable bonds is 3. The Bertz CT molecular complexity index is 470. The van der Waals surface area contributed by atoms with Gasteiger partial charge in [0.15, 0.2) is 0 Å². The zero-order valence-corrected chi connectivity index (χ0v) is 9.04. The van der Waals surface area contributed by atoms with Gasteiger partial charge in [-0.2, -0.15) is 0 Å². The van der Waals surface area contributed by atoms with Crippen molar-refractivity contribution in [3.8, 4) is 0 Å². The first-order chi connectivity index (χ1) is 7.31. The third kappa shape index (κ3) is 2.25. The normalized spacial score (nSPS) is 10.8. The average molecular weight is 222 g/mol. The van der Waals surface area contributed by atoms with Crippen molar-refractivity contribution in [1.82, 2.24) is 9.97 Å². The molecular formula is C11H12ClN3. The number of nitrogens with two attached hydrogens (primary N) is 1. The molecule has 78 valence electrons. The van der Waals surface area contributed by atoms with E-state index in [0.717, 1.165) is 29.4 Å². The van der Waals surface area contributed by atoms with Gasteiger partial charge in [0.05, 0.1) is 11.2 Å². The summed E-state index contributed by atoms with van der Waals surface area (Å²) in [5.41, 5.74) is 7.42. The van der Waals surface area contributed by atoms with Crippen molar-refractivity contribution in [2.45, 2.75) is 12.8 Å². The lowest BCUT2D eigenvalue weighted by Crippen LogP contribution is -2.02. The first kappa shape index (κ1) is 10.3. The third-order valence-electron chi connectivity index (χ3n) is 2.30. The molecule has 0 spiro atoms. The summed E-state index contributed by atoms with van der Waals surface area (Å²) in [6.45, 7) is 0.680. The second kappa shape index (κ2) is 4.55. The molecule has 2 aromatic rings. The molecule has 0 fully saturated rings. The molecule has 0 bridgehead atoms. The number of halogens is 1. The summed E-state index contributed by atoms with van der Waals surface area (Å²) in [7, 11) is 0. The first-order valence-corrected chi connectivity index (χ1v) is 5.28. The van der Waals surface area contributed by atoms with E-state index in [1.54, 1.807) is 6.33 Å². The average Bonchev–Trinajstić information content (AvgIpc) is 2.25. The molecule has 1 heterocycles. The molecule has 0 atom stereocenters. The van der Waals surface area contributed by atoms with E-state index < -0.39 is 0 Å². The molecule has 0 aliphatic rings. The minimum Gasteiger partial charge on any atom is -0.330 e. The van der Waals surface area contributed by atoms with Gasteiger partial charge in [0.25, 0.3) is 0 Å². The second-order valence-electron chi connectivity index (χ2n) is 3.37. The molecular weight excluding hydrogens is 210 g/mol. The van der Waals surface area contributed by atoms with Crippen LogP contribution in [0.5, 0.6) is 0 Å². The van der Waals surface area contributed by atoms with E-state index >= 15 is 0 Å². The van der Waals surface area contributed by atoms with E-state index in [2.05, 4.69) is 9.97 Å². The molecule has 0 radical (unpaired) electrons. The minimum absolute atomic E-state index is 0.680. The second-order valence-corrected chi connectivity index (χ2v) is 3.81. The molecule has 2 rings (SSSR count). The maximum Gasteiger partial charge on any atom is 0.116 e. The molecule has 0 aliphatic heterocycles. The predicted octanol–water partition coefficient (Wildman–Crippen LogP) is 2.17. The fourth-order valence-corrected chi connectivity index (χ4v) is 1.72. The largest absolute Gasteiger partial charge is 0.330 e. The zero-order valence-electron chi connectivity index (χ0n) is 8.28. The van der Waals surface area contributed by atoms with Gasteiger partial charge in [-0.1, -0.05) is 11.6 Å². The van der Waals surface area contributed by atoms with Crippen LogP contribution in [0.1, 0.15) is 12.1 Å². The van der Waals surface area contributed by atoms with Crippen LogP contribution in [0.15, 0.2) is 24.5 Å². The molecule has 15 heavy (non-hydrogen) atoms. The Labute approximate surface area is 93.3 Å². The molecule has 3 nitrogen and oxygen atoms in total. The number of hydrogen-bond donors (Lipinski definition) is 1. The highest BCUT2D eigenvalue weighted by Crippen LogP contribution is 2.19. The molecule has 2 N–H and O–H groups in total. The van der Waals surface area contributed by atoms with E-state index in [9.17, 15) is 0 Å². The lowest BCUT2D eigenvalue weighted by Gasteiger charge is -2.03. The van der Waals surface area contributed by atoms with Gasteiger partial charge in [0, 0.05) is 10.4 Å². The Morgan fingerprint density at radius 3 is 2.93 bits per heavy atom. The summed E-state index contributed by atoms with van der Waals surface area (Å²) in [5, 5.41) is 1.77. The fraction of sp³-hybridized carbons (Fsp3) is 0.273. The zero-order chi connectivity index (χ0) is 10.7. The van der Waals surface area contributed by atoms with Crippen LogP contribution in [0.2, 0.25) is 5.02 Å². The maximum absolute atomic E-state index is 5.89. The third-order valence-corrected chi connectivity index (χ3v) is 2.53. The first-order valence-electron chi connectivity index (χ1n) is 4.90. The van der Waals surface area contributed by atoms with Crippen LogP contribution in [0.4, 0.5) is 0 Å². The van der Waals surface area contributed by atoms with Gasteiger partial charge in [-0.15, -0.1) is 0 Å². The van der Waals surface area contributed by atoms with Gasteiger partial charge >= 0.3 is 0 Å². The van der Waals surface area contributed by atoms with Crippen LogP contribution >= 0.6 is 11.6 Å². The van der Waals surface area contributed by atoms with E-state index in [-0.39, 0.29) is 0 Å². The van der Waals surface area contributed by atoms with Crippen molar-refractivity contribution in [2.24, 2.45) is 5.73 Å². The molecule has 0 unspecified atom stereocenters. The SMILES string of the molecule is NCCCc1ncnc2cc(Cl)ccc12. The molecule has 0 saturated heterocycles. The van der Waals surface area contributed by atoms with Crippen LogP contribution in [0.3, 0.4) is 0 Å². The number of aromatic nitrogens is 2. The smallest absolute Gasteiger partial charge is 0.116 e. The summed E-state index contributed by atoms with van der Waals surface area (Å²) in [6.07, 6.45) is 3.40. The maximum atomic E-state index is 5.89. The molecule has 1 aromatic carbocycles. The van der Waals surface area contributed by atoms with Crippen molar-refractivity contribution in [1.29, 1.82) is 0 Å². The van der Waals surface area contributed by atoms with Gasteiger partial charge < -0.3 is 5.73 Å². The molecule has 0 saturated carbocycles. The highest BCUT2D eigenvalue weighted by atomic mass is 35.5. The number of nitrogens with zero attached hydrogens (tertiary/aromatic N) is 2. The predicted molar refractivity (Wildman–Crippen MR) is 61.9 cm³/mol. The van der Waals surface area contributed by atoms with Crippen molar-refractivity contribution >= 4 is 22.5 Å². The van der Waals surface area contributed by atoms with E-state index in [1.807, 2.05) is 18.2 Å². The van der Waals surface area contributed by atoms with Gasteiger partial charge in [-0.05, 0) is 37.6 Å². The topological polar surface area (TPSA) is 51.8 Å². The van der Waals surface area contributed by atoms with Gasteiger partial charge in [0.1, 0.15) is 6.33 Å². The van der Waals surface area contributed by atoms with Gasteiger partial charge in [-0.3, -0.25) is 0 Å². The Kier molecular flexibility index (Phi) is 3.14. The number of benzene rings is 1. The van der Waals surface area contributed by atoms with E-state index in [4.69, 9.17) is 17.3 Å². The Morgan fingerprint density at radius 2 is 2.13 bits per heavy atom. The van der Waals surface area contributed by atoms with Crippen molar-refractivity contribution in [3.05, 3.63) is 35.2 Å². The van der Waals surface area contributed by atoms with Crippen LogP contribution in [0, 0.1) is 0 Å². The highest BCUT2D eigenvalue weighted by molar-refractivity contribution is 6.31. The fourth-order valence-electron chi connectivity index (χ4n) is 1.55. The number of aryl methyl sites for hydroxylation is 1. The Balaban J connectivity index is 2.46. The highest BCUT2D eigenvalue weighted by Gasteiger charge is 2.03.